The maximum atomic E-state index is 4.09. The Balaban J connectivity index is 1.88. The van der Waals surface area contributed by atoms with Gasteiger partial charge in [-0.25, -0.2) is 0 Å². The van der Waals surface area contributed by atoms with E-state index in [0.29, 0.717) is 0 Å². The zero-order valence-corrected chi connectivity index (χ0v) is 11.1. The number of aromatic nitrogens is 2. The van der Waals surface area contributed by atoms with E-state index in [4.69, 9.17) is 0 Å². The van der Waals surface area contributed by atoms with Crippen LogP contribution >= 0.6 is 0 Å². The number of hydrogen-bond donors (Lipinski definition) is 2. The second-order valence-corrected chi connectivity index (χ2v) is 4.91. The molecule has 0 spiro atoms. The third-order valence-electron chi connectivity index (χ3n) is 3.43. The van der Waals surface area contributed by atoms with Crippen LogP contribution in [0.5, 0.6) is 0 Å². The van der Waals surface area contributed by atoms with Crippen LogP contribution in [0.15, 0.2) is 48.7 Å². The maximum Gasteiger partial charge on any atom is 0.0671 e. The van der Waals surface area contributed by atoms with E-state index >= 15 is 0 Å². The summed E-state index contributed by atoms with van der Waals surface area (Å²) in [5.41, 5.74) is 4.74. The fourth-order valence-electron chi connectivity index (χ4n) is 2.27. The summed E-state index contributed by atoms with van der Waals surface area (Å²) in [6, 6.07) is 15.0. The van der Waals surface area contributed by atoms with E-state index in [1.54, 1.807) is 0 Å². The molecule has 1 heterocycles. The Hall–Kier alpha value is -2.29. The van der Waals surface area contributed by atoms with Crippen LogP contribution in [0.3, 0.4) is 0 Å². The molecular weight excluding hydrogens is 234 g/mol. The van der Waals surface area contributed by atoms with Crippen LogP contribution in [0, 0.1) is 6.92 Å². The summed E-state index contributed by atoms with van der Waals surface area (Å²) < 4.78 is 0. The van der Waals surface area contributed by atoms with E-state index in [1.807, 2.05) is 18.3 Å². The van der Waals surface area contributed by atoms with E-state index in [-0.39, 0.29) is 6.04 Å². The van der Waals surface area contributed by atoms with E-state index in [1.165, 1.54) is 11.1 Å². The second kappa shape index (κ2) is 4.76. The van der Waals surface area contributed by atoms with Crippen molar-refractivity contribution in [3.8, 4) is 0 Å². The Kier molecular flexibility index (Phi) is 2.95. The first-order valence-corrected chi connectivity index (χ1v) is 6.49. The zero-order valence-electron chi connectivity index (χ0n) is 11.1. The number of hydrogen-bond acceptors (Lipinski definition) is 2. The third kappa shape index (κ3) is 2.32. The first-order valence-electron chi connectivity index (χ1n) is 6.49. The molecule has 3 rings (SSSR count). The van der Waals surface area contributed by atoms with Gasteiger partial charge < -0.3 is 5.32 Å². The van der Waals surface area contributed by atoms with E-state index < -0.39 is 0 Å². The largest absolute Gasteiger partial charge is 0.378 e. The number of benzene rings is 2. The number of nitrogens with zero attached hydrogens (tertiary/aromatic N) is 1. The smallest absolute Gasteiger partial charge is 0.0671 e. The third-order valence-corrected chi connectivity index (χ3v) is 3.43. The average Bonchev–Trinajstić information content (AvgIpc) is 2.89. The van der Waals surface area contributed by atoms with Crippen LogP contribution < -0.4 is 5.32 Å². The predicted molar refractivity (Wildman–Crippen MR) is 79.3 cm³/mol. The Morgan fingerprint density at radius 2 is 1.89 bits per heavy atom. The van der Waals surface area contributed by atoms with Crippen molar-refractivity contribution in [2.24, 2.45) is 0 Å². The number of nitrogens with one attached hydrogen (secondary N) is 2. The van der Waals surface area contributed by atoms with Crippen molar-refractivity contribution in [2.45, 2.75) is 19.9 Å². The average molecular weight is 251 g/mol. The lowest BCUT2D eigenvalue weighted by molar-refractivity contribution is 0.886. The Morgan fingerprint density at radius 3 is 2.68 bits per heavy atom. The summed E-state index contributed by atoms with van der Waals surface area (Å²) in [5, 5.41) is 11.8. The molecule has 0 radical (unpaired) electrons. The van der Waals surface area contributed by atoms with Crippen molar-refractivity contribution in [2.75, 3.05) is 5.32 Å². The van der Waals surface area contributed by atoms with Crippen LogP contribution in [0.1, 0.15) is 24.1 Å². The minimum atomic E-state index is 0.265. The molecule has 3 nitrogen and oxygen atoms in total. The van der Waals surface area contributed by atoms with Crippen molar-refractivity contribution in [1.29, 1.82) is 0 Å². The highest BCUT2D eigenvalue weighted by Crippen LogP contribution is 2.25. The lowest BCUT2D eigenvalue weighted by Gasteiger charge is -2.16. The van der Waals surface area contributed by atoms with E-state index in [0.717, 1.165) is 16.6 Å². The lowest BCUT2D eigenvalue weighted by atomic mass is 10.1. The van der Waals surface area contributed by atoms with Gasteiger partial charge in [-0.05, 0) is 31.5 Å². The molecule has 0 aliphatic rings. The van der Waals surface area contributed by atoms with Gasteiger partial charge in [0, 0.05) is 17.1 Å². The first-order chi connectivity index (χ1) is 9.24. The molecule has 2 N–H and O–H groups in total. The Labute approximate surface area is 112 Å². The van der Waals surface area contributed by atoms with Gasteiger partial charge in [0.2, 0.25) is 0 Å². The highest BCUT2D eigenvalue weighted by atomic mass is 15.1. The number of rotatable bonds is 3. The van der Waals surface area contributed by atoms with Crippen molar-refractivity contribution in [3.05, 3.63) is 59.8 Å². The predicted octanol–water partition coefficient (Wildman–Crippen LogP) is 4.04. The van der Waals surface area contributed by atoms with Gasteiger partial charge in [0.1, 0.15) is 0 Å². The molecule has 1 unspecified atom stereocenters. The fourth-order valence-corrected chi connectivity index (χ4v) is 2.27. The van der Waals surface area contributed by atoms with Crippen LogP contribution in [-0.2, 0) is 0 Å². The second-order valence-electron chi connectivity index (χ2n) is 4.91. The van der Waals surface area contributed by atoms with Crippen LogP contribution in [0.25, 0.3) is 10.9 Å². The number of aryl methyl sites for hydroxylation is 1. The van der Waals surface area contributed by atoms with Gasteiger partial charge in [-0.3, -0.25) is 5.10 Å². The summed E-state index contributed by atoms with van der Waals surface area (Å²) in [6.45, 7) is 4.28. The van der Waals surface area contributed by atoms with Gasteiger partial charge >= 0.3 is 0 Å². The molecule has 0 fully saturated rings. The molecule has 0 amide bonds. The van der Waals surface area contributed by atoms with Crippen LogP contribution in [0.2, 0.25) is 0 Å². The molecule has 3 aromatic rings. The van der Waals surface area contributed by atoms with Gasteiger partial charge in [-0.1, -0.05) is 35.9 Å². The normalized spacial score (nSPS) is 12.5. The quantitative estimate of drug-likeness (QED) is 0.737. The van der Waals surface area contributed by atoms with Gasteiger partial charge in [0.25, 0.3) is 0 Å². The van der Waals surface area contributed by atoms with Crippen molar-refractivity contribution in [3.63, 3.8) is 0 Å². The molecule has 96 valence electrons. The number of fused-ring (bicyclic) bond motifs is 1. The van der Waals surface area contributed by atoms with Crippen LogP contribution in [-0.4, -0.2) is 10.2 Å². The van der Waals surface area contributed by atoms with Crippen molar-refractivity contribution < 1.29 is 0 Å². The summed E-state index contributed by atoms with van der Waals surface area (Å²) >= 11 is 0. The molecular formula is C16H17N3. The Morgan fingerprint density at radius 1 is 1.11 bits per heavy atom. The van der Waals surface area contributed by atoms with Gasteiger partial charge in [0.05, 0.1) is 11.7 Å². The molecule has 0 aliphatic carbocycles. The number of anilines is 1. The monoisotopic (exact) mass is 251 g/mol. The van der Waals surface area contributed by atoms with E-state index in [2.05, 4.69) is 59.7 Å². The van der Waals surface area contributed by atoms with Gasteiger partial charge in [-0.15, -0.1) is 0 Å². The summed E-state index contributed by atoms with van der Waals surface area (Å²) in [4.78, 5) is 0. The molecule has 1 aromatic heterocycles. The minimum Gasteiger partial charge on any atom is -0.378 e. The van der Waals surface area contributed by atoms with Gasteiger partial charge in [-0.2, -0.15) is 5.10 Å². The molecule has 0 saturated carbocycles. The van der Waals surface area contributed by atoms with E-state index in [9.17, 15) is 0 Å². The van der Waals surface area contributed by atoms with Gasteiger partial charge in [0.15, 0.2) is 0 Å². The molecule has 0 aliphatic heterocycles. The van der Waals surface area contributed by atoms with Crippen LogP contribution in [0.4, 0.5) is 5.69 Å². The molecule has 0 saturated heterocycles. The summed E-state index contributed by atoms with van der Waals surface area (Å²) in [7, 11) is 0. The fraction of sp³-hybridized carbons (Fsp3) is 0.188. The molecule has 3 heteroatoms. The van der Waals surface area contributed by atoms with Crippen molar-refractivity contribution in [1.82, 2.24) is 10.2 Å². The number of H-pyrrole nitrogens is 1. The molecule has 2 aromatic carbocycles. The topological polar surface area (TPSA) is 40.7 Å². The highest BCUT2D eigenvalue weighted by molar-refractivity contribution is 5.90. The summed E-state index contributed by atoms with van der Waals surface area (Å²) in [6.07, 6.45) is 1.86. The first kappa shape index (κ1) is 11.8. The molecule has 19 heavy (non-hydrogen) atoms. The molecule has 0 bridgehead atoms. The number of aromatic amines is 1. The summed E-state index contributed by atoms with van der Waals surface area (Å²) in [5.74, 6) is 0. The SMILES string of the molecule is Cc1ccc(C(C)Nc2cccc3[nH]ncc23)cc1. The maximum absolute atomic E-state index is 4.09. The standard InChI is InChI=1S/C16H17N3/c1-11-6-8-13(9-7-11)12(2)18-15-4-3-5-16-14(15)10-17-19-16/h3-10,12,18H,1-2H3,(H,17,19). The molecule has 1 atom stereocenters. The van der Waals surface area contributed by atoms with Crippen molar-refractivity contribution >= 4 is 16.6 Å². The highest BCUT2D eigenvalue weighted by Gasteiger charge is 2.08. The lowest BCUT2D eigenvalue weighted by Crippen LogP contribution is -2.06. The zero-order chi connectivity index (χ0) is 13.2. The Bertz CT molecular complexity index is 683. The minimum absolute atomic E-state index is 0.265.